The van der Waals surface area contributed by atoms with Crippen LogP contribution in [0.15, 0.2) is 36.5 Å². The maximum Gasteiger partial charge on any atom is 0.256 e. The fourth-order valence-electron chi connectivity index (χ4n) is 3.24. The third kappa shape index (κ3) is 5.62. The van der Waals surface area contributed by atoms with Gasteiger partial charge in [0.15, 0.2) is 0 Å². The number of carbonyl (C=O) groups is 2. The molecule has 2 aromatic rings. The lowest BCUT2D eigenvalue weighted by molar-refractivity contribution is -0.125. The second-order valence-electron chi connectivity index (χ2n) is 6.84. The number of hydrogen-bond acceptors (Lipinski definition) is 5. The highest BCUT2D eigenvalue weighted by Crippen LogP contribution is 2.26. The molecule has 1 atom stereocenters. The Morgan fingerprint density at radius 2 is 2.07 bits per heavy atom. The summed E-state index contributed by atoms with van der Waals surface area (Å²) < 4.78 is 10.3. The third-order valence-corrected chi connectivity index (χ3v) is 5.34. The minimum Gasteiger partial charge on any atom is -0.475 e. The Morgan fingerprint density at radius 1 is 1.23 bits per heavy atom. The molecule has 3 rings (SSSR count). The molecule has 9 heteroatoms. The van der Waals surface area contributed by atoms with Crippen LogP contribution in [0.4, 0.5) is 0 Å². The van der Waals surface area contributed by atoms with Crippen LogP contribution in [0.1, 0.15) is 28.8 Å². The zero-order valence-electron chi connectivity index (χ0n) is 16.6. The summed E-state index contributed by atoms with van der Waals surface area (Å²) in [5, 5.41) is 3.62. The van der Waals surface area contributed by atoms with E-state index >= 15 is 0 Å². The zero-order chi connectivity index (χ0) is 21.5. The lowest BCUT2D eigenvalue weighted by Crippen LogP contribution is -2.45. The first-order valence-corrected chi connectivity index (χ1v) is 10.4. The number of ether oxygens (including phenoxy) is 2. The van der Waals surface area contributed by atoms with Crippen LogP contribution in [0.2, 0.25) is 10.0 Å². The highest BCUT2D eigenvalue weighted by atomic mass is 35.5. The first-order valence-electron chi connectivity index (χ1n) is 9.60. The monoisotopic (exact) mass is 451 g/mol. The Morgan fingerprint density at radius 3 is 2.80 bits per heavy atom. The summed E-state index contributed by atoms with van der Waals surface area (Å²) in [6, 6.07) is 7.76. The lowest BCUT2D eigenvalue weighted by atomic mass is 10.1. The number of rotatable bonds is 8. The topological polar surface area (TPSA) is 80.8 Å². The van der Waals surface area contributed by atoms with Gasteiger partial charge in [0.05, 0.1) is 17.2 Å². The molecule has 1 N–H and O–H groups in total. The van der Waals surface area contributed by atoms with Crippen molar-refractivity contribution in [2.75, 3.05) is 26.9 Å². The number of nitrogens with zero attached hydrogens (tertiary/aromatic N) is 2. The van der Waals surface area contributed by atoms with Gasteiger partial charge in [0.1, 0.15) is 12.6 Å². The van der Waals surface area contributed by atoms with Crippen LogP contribution in [0.25, 0.3) is 0 Å². The number of nitrogens with one attached hydrogen (secondary N) is 1. The van der Waals surface area contributed by atoms with E-state index in [1.54, 1.807) is 36.4 Å². The molecule has 2 heterocycles. The molecule has 30 heavy (non-hydrogen) atoms. The summed E-state index contributed by atoms with van der Waals surface area (Å²) in [5.74, 6) is -0.00751. The number of halogens is 2. The van der Waals surface area contributed by atoms with Gasteiger partial charge in [0, 0.05) is 37.5 Å². The Kier molecular flexibility index (Phi) is 7.90. The average Bonchev–Trinajstić information content (AvgIpc) is 3.24. The SMILES string of the molecule is COCCOc1ccc(CNC(=O)C2CCCN2C(=O)c2cc(Cl)ccc2Cl)cn1. The number of pyridine rings is 1. The van der Waals surface area contributed by atoms with Crippen LogP contribution in [-0.2, 0) is 16.1 Å². The molecule has 1 saturated heterocycles. The summed E-state index contributed by atoms with van der Waals surface area (Å²) in [5.41, 5.74) is 1.13. The van der Waals surface area contributed by atoms with Gasteiger partial charge in [-0.25, -0.2) is 4.98 Å². The molecule has 0 radical (unpaired) electrons. The van der Waals surface area contributed by atoms with Gasteiger partial charge in [0.25, 0.3) is 5.91 Å². The van der Waals surface area contributed by atoms with E-state index in [1.165, 1.54) is 6.07 Å². The van der Waals surface area contributed by atoms with E-state index in [1.807, 2.05) is 6.07 Å². The molecule has 7 nitrogen and oxygen atoms in total. The molecule has 1 aromatic heterocycles. The van der Waals surface area contributed by atoms with E-state index in [-0.39, 0.29) is 11.8 Å². The number of methoxy groups -OCH3 is 1. The molecule has 0 bridgehead atoms. The molecule has 0 spiro atoms. The largest absolute Gasteiger partial charge is 0.475 e. The van der Waals surface area contributed by atoms with Crippen LogP contribution in [0, 0.1) is 0 Å². The molecule has 0 saturated carbocycles. The van der Waals surface area contributed by atoms with Crippen molar-refractivity contribution < 1.29 is 19.1 Å². The van der Waals surface area contributed by atoms with Crippen LogP contribution < -0.4 is 10.1 Å². The highest BCUT2D eigenvalue weighted by Gasteiger charge is 2.35. The molecular weight excluding hydrogens is 429 g/mol. The smallest absolute Gasteiger partial charge is 0.256 e. The van der Waals surface area contributed by atoms with Crippen molar-refractivity contribution in [2.45, 2.75) is 25.4 Å². The Hall–Kier alpha value is -2.35. The summed E-state index contributed by atoms with van der Waals surface area (Å²) in [4.78, 5) is 31.4. The van der Waals surface area contributed by atoms with Crippen molar-refractivity contribution in [1.82, 2.24) is 15.2 Å². The zero-order valence-corrected chi connectivity index (χ0v) is 18.1. The van der Waals surface area contributed by atoms with E-state index in [4.69, 9.17) is 32.7 Å². The van der Waals surface area contributed by atoms with Gasteiger partial charge >= 0.3 is 0 Å². The van der Waals surface area contributed by atoms with Crippen molar-refractivity contribution in [2.24, 2.45) is 0 Å². The summed E-state index contributed by atoms with van der Waals surface area (Å²) in [7, 11) is 1.60. The third-order valence-electron chi connectivity index (χ3n) is 4.78. The van der Waals surface area contributed by atoms with Gasteiger partial charge < -0.3 is 19.7 Å². The van der Waals surface area contributed by atoms with Crippen LogP contribution in [0.3, 0.4) is 0 Å². The van der Waals surface area contributed by atoms with Crippen LogP contribution in [0.5, 0.6) is 5.88 Å². The van der Waals surface area contributed by atoms with Crippen molar-refractivity contribution in [3.63, 3.8) is 0 Å². The van der Waals surface area contributed by atoms with Crippen molar-refractivity contribution >= 4 is 35.0 Å². The summed E-state index contributed by atoms with van der Waals surface area (Å²) in [6.45, 7) is 1.70. The number of aromatic nitrogens is 1. The van der Waals surface area contributed by atoms with Crippen LogP contribution >= 0.6 is 23.2 Å². The van der Waals surface area contributed by atoms with Crippen molar-refractivity contribution in [1.29, 1.82) is 0 Å². The van der Waals surface area contributed by atoms with Crippen molar-refractivity contribution in [3.8, 4) is 5.88 Å². The van der Waals surface area contributed by atoms with Gasteiger partial charge in [-0.3, -0.25) is 9.59 Å². The second kappa shape index (κ2) is 10.6. The van der Waals surface area contributed by atoms with Gasteiger partial charge in [-0.05, 0) is 36.6 Å². The molecule has 1 unspecified atom stereocenters. The predicted octanol–water partition coefficient (Wildman–Crippen LogP) is 3.33. The molecule has 0 aliphatic carbocycles. The quantitative estimate of drug-likeness (QED) is 0.622. The first kappa shape index (κ1) is 22.3. The molecule has 160 valence electrons. The summed E-state index contributed by atoms with van der Waals surface area (Å²) in [6.07, 6.45) is 2.99. The van der Waals surface area contributed by atoms with E-state index in [9.17, 15) is 9.59 Å². The first-order chi connectivity index (χ1) is 14.5. The van der Waals surface area contributed by atoms with Gasteiger partial charge in [0.2, 0.25) is 11.8 Å². The van der Waals surface area contributed by atoms with Gasteiger partial charge in [-0.15, -0.1) is 0 Å². The van der Waals surface area contributed by atoms with Crippen molar-refractivity contribution in [3.05, 3.63) is 57.7 Å². The van der Waals surface area contributed by atoms with E-state index < -0.39 is 6.04 Å². The second-order valence-corrected chi connectivity index (χ2v) is 7.69. The molecule has 1 aromatic carbocycles. The predicted molar refractivity (Wildman–Crippen MR) is 114 cm³/mol. The van der Waals surface area contributed by atoms with E-state index in [2.05, 4.69) is 10.3 Å². The standard InChI is InChI=1S/C21H23Cl2N3O4/c1-29-9-10-30-19-7-4-14(12-24-19)13-25-20(27)18-3-2-8-26(18)21(28)16-11-15(22)5-6-17(16)23/h4-7,11-12,18H,2-3,8-10,13H2,1H3,(H,25,27). The minimum atomic E-state index is -0.544. The van der Waals surface area contributed by atoms with E-state index in [0.29, 0.717) is 54.2 Å². The number of hydrogen-bond donors (Lipinski definition) is 1. The van der Waals surface area contributed by atoms with E-state index in [0.717, 1.165) is 12.0 Å². The van der Waals surface area contributed by atoms with Crippen LogP contribution in [-0.4, -0.2) is 54.6 Å². The Labute approximate surface area is 185 Å². The molecular formula is C21H23Cl2N3O4. The minimum absolute atomic E-state index is 0.209. The number of likely N-dealkylation sites (tertiary alicyclic amines) is 1. The fourth-order valence-corrected chi connectivity index (χ4v) is 3.61. The fraction of sp³-hybridized carbons (Fsp3) is 0.381. The van der Waals surface area contributed by atoms with Gasteiger partial charge in [-0.2, -0.15) is 0 Å². The maximum absolute atomic E-state index is 12.9. The highest BCUT2D eigenvalue weighted by molar-refractivity contribution is 6.35. The average molecular weight is 452 g/mol. The molecule has 1 aliphatic heterocycles. The molecule has 1 aliphatic rings. The lowest BCUT2D eigenvalue weighted by Gasteiger charge is -2.24. The normalized spacial score (nSPS) is 15.8. The number of amides is 2. The van der Waals surface area contributed by atoms with Gasteiger partial charge in [-0.1, -0.05) is 29.3 Å². The number of carbonyl (C=O) groups excluding carboxylic acids is 2. The molecule has 1 fully saturated rings. The maximum atomic E-state index is 12.9. The summed E-state index contributed by atoms with van der Waals surface area (Å²) >= 11 is 12.2. The Bertz CT molecular complexity index is 892. The molecule has 2 amide bonds. The Balaban J connectivity index is 1.58. The number of benzene rings is 1.